The lowest BCUT2D eigenvalue weighted by Gasteiger charge is -2.23. The van der Waals surface area contributed by atoms with E-state index in [1.54, 1.807) is 26.8 Å². The first-order valence-electron chi connectivity index (χ1n) is 7.53. The van der Waals surface area contributed by atoms with Gasteiger partial charge in [-0.3, -0.25) is 4.79 Å². The van der Waals surface area contributed by atoms with Crippen molar-refractivity contribution >= 4 is 25.3 Å². The summed E-state index contributed by atoms with van der Waals surface area (Å²) in [6.07, 6.45) is -0.379. The van der Waals surface area contributed by atoms with Crippen LogP contribution in [0.15, 0.2) is 18.2 Å². The Hall–Kier alpha value is -2.25. The fourth-order valence-corrected chi connectivity index (χ4v) is 1.82. The van der Waals surface area contributed by atoms with E-state index in [2.05, 4.69) is 5.32 Å². The van der Waals surface area contributed by atoms with Crippen LogP contribution in [0.5, 0.6) is 5.75 Å². The van der Waals surface area contributed by atoms with E-state index >= 15 is 0 Å². The lowest BCUT2D eigenvalue weighted by molar-refractivity contribution is -0.118. The summed E-state index contributed by atoms with van der Waals surface area (Å²) in [4.78, 5) is 22.8. The Balaban J connectivity index is 2.69. The zero-order valence-corrected chi connectivity index (χ0v) is 14.1. The Labute approximate surface area is 142 Å². The molecule has 0 fully saturated rings. The minimum atomic E-state index is -0.677. The van der Waals surface area contributed by atoms with E-state index in [1.165, 1.54) is 12.1 Å². The van der Waals surface area contributed by atoms with Crippen molar-refractivity contribution in [2.24, 2.45) is 5.73 Å². The summed E-state index contributed by atoms with van der Waals surface area (Å²) < 4.78 is 24.3. The number of halogens is 1. The second-order valence-corrected chi connectivity index (χ2v) is 6.32. The number of nitrogens with one attached hydrogen (secondary N) is 1. The van der Waals surface area contributed by atoms with Gasteiger partial charge < -0.3 is 20.5 Å². The quantitative estimate of drug-likeness (QED) is 0.731. The van der Waals surface area contributed by atoms with Crippen LogP contribution in [0.25, 0.3) is 0 Å². The van der Waals surface area contributed by atoms with Gasteiger partial charge >= 0.3 is 6.09 Å². The van der Waals surface area contributed by atoms with Crippen LogP contribution >= 0.6 is 0 Å². The highest BCUT2D eigenvalue weighted by molar-refractivity contribution is 6.32. The number of carbonyl (C=O) groups excluding carboxylic acids is 2. The summed E-state index contributed by atoms with van der Waals surface area (Å²) in [6.45, 7) is 5.11. The minimum absolute atomic E-state index is 0.0370. The van der Waals surface area contributed by atoms with Crippen molar-refractivity contribution in [1.82, 2.24) is 5.32 Å². The van der Waals surface area contributed by atoms with Gasteiger partial charge in [-0.15, -0.1) is 0 Å². The molecule has 0 saturated heterocycles. The number of alkyl carbamates (subject to hydrolysis) is 1. The molecule has 0 saturated carbocycles. The number of carbonyl (C=O) groups is 2. The Morgan fingerprint density at radius 2 is 2.04 bits per heavy atom. The van der Waals surface area contributed by atoms with Crippen LogP contribution in [0.4, 0.5) is 9.18 Å². The number of ether oxygens (including phenoxy) is 2. The molecule has 1 atom stereocenters. The van der Waals surface area contributed by atoms with Gasteiger partial charge in [0.05, 0.1) is 6.04 Å². The first kappa shape index (κ1) is 19.8. The van der Waals surface area contributed by atoms with E-state index in [0.29, 0.717) is 0 Å². The number of amides is 2. The van der Waals surface area contributed by atoms with E-state index in [1.807, 2.05) is 0 Å². The molecule has 0 aliphatic carbocycles. The van der Waals surface area contributed by atoms with Crippen molar-refractivity contribution in [3.63, 3.8) is 0 Å². The number of hydrogen-bond acceptors (Lipinski definition) is 4. The van der Waals surface area contributed by atoms with Crippen molar-refractivity contribution in [2.45, 2.75) is 45.3 Å². The number of primary amides is 1. The largest absolute Gasteiger partial charge is 0.488 e. The minimum Gasteiger partial charge on any atom is -0.488 e. The van der Waals surface area contributed by atoms with Crippen molar-refractivity contribution in [3.05, 3.63) is 24.0 Å². The van der Waals surface area contributed by atoms with Gasteiger partial charge in [-0.2, -0.15) is 0 Å². The first-order valence-corrected chi connectivity index (χ1v) is 7.53. The fourth-order valence-electron chi connectivity index (χ4n) is 1.82. The molecule has 1 unspecified atom stereocenters. The van der Waals surface area contributed by atoms with E-state index in [4.69, 9.17) is 23.1 Å². The predicted octanol–water partition coefficient (Wildman–Crippen LogP) is 1.16. The molecule has 2 amide bonds. The third-order valence-electron chi connectivity index (χ3n) is 2.89. The molecule has 1 rings (SSSR count). The molecule has 0 aliphatic rings. The van der Waals surface area contributed by atoms with Crippen molar-refractivity contribution in [3.8, 4) is 5.75 Å². The molecule has 3 N–H and O–H groups in total. The maximum atomic E-state index is 13.8. The highest BCUT2D eigenvalue weighted by atomic mass is 19.1. The maximum absolute atomic E-state index is 13.8. The van der Waals surface area contributed by atoms with Crippen molar-refractivity contribution in [1.29, 1.82) is 0 Å². The summed E-state index contributed by atoms with van der Waals surface area (Å²) in [6, 6.07) is 3.80. The SMILES string of the molecule is [B]c1cccc(OCC(CCC(N)=O)NC(=O)OC(C)(C)C)c1F. The molecular weight excluding hydrogens is 314 g/mol. The summed E-state index contributed by atoms with van der Waals surface area (Å²) in [5.41, 5.74) is 4.42. The maximum Gasteiger partial charge on any atom is 0.407 e. The predicted molar refractivity (Wildman–Crippen MR) is 88.9 cm³/mol. The molecule has 0 aliphatic heterocycles. The molecular formula is C16H22BFN2O4. The van der Waals surface area contributed by atoms with Crippen molar-refractivity contribution in [2.75, 3.05) is 6.61 Å². The molecule has 130 valence electrons. The zero-order chi connectivity index (χ0) is 18.3. The molecule has 0 aromatic heterocycles. The lowest BCUT2D eigenvalue weighted by atomic mass is 9.95. The molecule has 2 radical (unpaired) electrons. The smallest absolute Gasteiger partial charge is 0.407 e. The van der Waals surface area contributed by atoms with Crippen LogP contribution in [0.3, 0.4) is 0 Å². The summed E-state index contributed by atoms with van der Waals surface area (Å²) >= 11 is 0. The highest BCUT2D eigenvalue weighted by Crippen LogP contribution is 2.15. The van der Waals surface area contributed by atoms with Gasteiger partial charge in [-0.25, -0.2) is 9.18 Å². The second-order valence-electron chi connectivity index (χ2n) is 6.32. The van der Waals surface area contributed by atoms with Gasteiger partial charge in [0.1, 0.15) is 20.1 Å². The van der Waals surface area contributed by atoms with Gasteiger partial charge in [0.2, 0.25) is 5.91 Å². The van der Waals surface area contributed by atoms with Crippen LogP contribution in [0, 0.1) is 5.82 Å². The topological polar surface area (TPSA) is 90.6 Å². The third kappa shape index (κ3) is 7.35. The Morgan fingerprint density at radius 3 is 2.62 bits per heavy atom. The normalized spacial score (nSPS) is 12.3. The monoisotopic (exact) mass is 336 g/mol. The van der Waals surface area contributed by atoms with Gasteiger partial charge in [0.15, 0.2) is 11.6 Å². The molecule has 1 aromatic carbocycles. The van der Waals surface area contributed by atoms with Gasteiger partial charge in [-0.05, 0) is 33.3 Å². The van der Waals surface area contributed by atoms with Crippen molar-refractivity contribution < 1.29 is 23.5 Å². The Kier molecular flexibility index (Phi) is 7.07. The molecule has 8 heteroatoms. The van der Waals surface area contributed by atoms with Crippen LogP contribution in [0.1, 0.15) is 33.6 Å². The third-order valence-corrected chi connectivity index (χ3v) is 2.89. The highest BCUT2D eigenvalue weighted by Gasteiger charge is 2.21. The Bertz CT molecular complexity index is 590. The van der Waals surface area contributed by atoms with E-state index < -0.39 is 29.5 Å². The summed E-state index contributed by atoms with van der Waals surface area (Å²) in [7, 11) is 5.47. The van der Waals surface area contributed by atoms with Gasteiger partial charge in [-0.1, -0.05) is 17.6 Å². The number of hydrogen-bond donors (Lipinski definition) is 2. The van der Waals surface area contributed by atoms with E-state index in [9.17, 15) is 14.0 Å². The number of rotatable bonds is 7. The molecule has 6 nitrogen and oxygen atoms in total. The number of nitrogens with two attached hydrogens (primary N) is 1. The summed E-state index contributed by atoms with van der Waals surface area (Å²) in [5, 5.41) is 2.59. The average molecular weight is 336 g/mol. The van der Waals surface area contributed by atoms with Gasteiger partial charge in [0, 0.05) is 6.42 Å². The average Bonchev–Trinajstić information content (AvgIpc) is 2.43. The Morgan fingerprint density at radius 1 is 1.38 bits per heavy atom. The molecule has 0 spiro atoms. The lowest BCUT2D eigenvalue weighted by Crippen LogP contribution is -2.42. The molecule has 24 heavy (non-hydrogen) atoms. The van der Waals surface area contributed by atoms with Crippen LogP contribution in [-0.4, -0.2) is 38.1 Å². The second kappa shape index (κ2) is 8.56. The number of benzene rings is 1. The molecule has 0 bridgehead atoms. The fraction of sp³-hybridized carbons (Fsp3) is 0.500. The molecule has 1 aromatic rings. The molecule has 0 heterocycles. The van der Waals surface area contributed by atoms with Crippen LogP contribution in [-0.2, 0) is 9.53 Å². The van der Waals surface area contributed by atoms with E-state index in [0.717, 1.165) is 0 Å². The van der Waals surface area contributed by atoms with E-state index in [-0.39, 0.29) is 30.7 Å². The van der Waals surface area contributed by atoms with Crippen LogP contribution in [0.2, 0.25) is 0 Å². The first-order chi connectivity index (χ1) is 11.1. The van der Waals surface area contributed by atoms with Gasteiger partial charge in [0.25, 0.3) is 0 Å². The summed E-state index contributed by atoms with van der Waals surface area (Å²) in [5.74, 6) is -1.23. The standard InChI is InChI=1S/C16H22BFN2O4/c1-16(2,3)24-15(22)20-10(7-8-13(19)21)9-23-12-6-4-5-11(17)14(12)18/h4-6,10H,7-9H2,1-3H3,(H2,19,21)(H,20,22). The zero-order valence-electron chi connectivity index (χ0n) is 14.1. The van der Waals surface area contributed by atoms with Crippen LogP contribution < -0.4 is 21.3 Å².